The molecule has 2 rings (SSSR count). The van der Waals surface area contributed by atoms with Gasteiger partial charge in [-0.1, -0.05) is 6.07 Å². The van der Waals surface area contributed by atoms with Crippen LogP contribution in [-0.4, -0.2) is 27.9 Å². The number of hydrogen-bond acceptors (Lipinski definition) is 3. The molecule has 1 aromatic carbocycles. The SMILES string of the molecule is O=S(=O)(NCC(F)F)c1ccc2c(c1)NCCC2. The van der Waals surface area contributed by atoms with Crippen molar-refractivity contribution in [1.29, 1.82) is 0 Å². The van der Waals surface area contributed by atoms with E-state index in [0.717, 1.165) is 30.6 Å². The molecule has 0 aliphatic carbocycles. The van der Waals surface area contributed by atoms with Gasteiger partial charge in [-0.25, -0.2) is 21.9 Å². The van der Waals surface area contributed by atoms with Crippen LogP contribution in [0.2, 0.25) is 0 Å². The van der Waals surface area contributed by atoms with Crippen LogP contribution in [-0.2, 0) is 16.4 Å². The molecule has 18 heavy (non-hydrogen) atoms. The molecule has 1 aliphatic heterocycles. The first-order valence-corrected chi connectivity index (χ1v) is 7.12. The van der Waals surface area contributed by atoms with Crippen LogP contribution in [0, 0.1) is 0 Å². The van der Waals surface area contributed by atoms with Gasteiger partial charge in [0.2, 0.25) is 10.0 Å². The zero-order valence-corrected chi connectivity index (χ0v) is 10.4. The minimum Gasteiger partial charge on any atom is -0.385 e. The molecule has 1 heterocycles. The Kier molecular flexibility index (Phi) is 3.82. The third kappa shape index (κ3) is 2.97. The number of halogens is 2. The predicted molar refractivity (Wildman–Crippen MR) is 64.4 cm³/mol. The number of sulfonamides is 1. The van der Waals surface area contributed by atoms with Crippen molar-refractivity contribution in [3.63, 3.8) is 0 Å². The second kappa shape index (κ2) is 5.19. The van der Waals surface area contributed by atoms with E-state index in [-0.39, 0.29) is 4.90 Å². The summed E-state index contributed by atoms with van der Waals surface area (Å²) in [6.45, 7) is -0.0756. The smallest absolute Gasteiger partial charge is 0.251 e. The Morgan fingerprint density at radius 3 is 2.89 bits per heavy atom. The quantitative estimate of drug-likeness (QED) is 0.878. The molecular formula is C11H14F2N2O2S. The number of fused-ring (bicyclic) bond motifs is 1. The Morgan fingerprint density at radius 1 is 1.39 bits per heavy atom. The maximum absolute atomic E-state index is 12.0. The molecular weight excluding hydrogens is 262 g/mol. The van der Waals surface area contributed by atoms with Crippen molar-refractivity contribution >= 4 is 15.7 Å². The standard InChI is InChI=1S/C11H14F2N2O2S/c12-11(13)7-15-18(16,17)9-4-3-8-2-1-5-14-10(8)6-9/h3-4,6,11,14-15H,1-2,5,7H2. The highest BCUT2D eigenvalue weighted by atomic mass is 32.2. The average Bonchev–Trinajstić information content (AvgIpc) is 2.36. The fraction of sp³-hybridized carbons (Fsp3) is 0.455. The molecule has 0 bridgehead atoms. The highest BCUT2D eigenvalue weighted by Gasteiger charge is 2.18. The van der Waals surface area contributed by atoms with E-state index in [1.54, 1.807) is 6.07 Å². The maximum Gasteiger partial charge on any atom is 0.251 e. The lowest BCUT2D eigenvalue weighted by molar-refractivity contribution is 0.153. The maximum atomic E-state index is 12.0. The van der Waals surface area contributed by atoms with Crippen molar-refractivity contribution in [2.24, 2.45) is 0 Å². The minimum absolute atomic E-state index is 0.0105. The van der Waals surface area contributed by atoms with E-state index < -0.39 is 23.0 Å². The van der Waals surface area contributed by atoms with Gasteiger partial charge in [-0.2, -0.15) is 0 Å². The van der Waals surface area contributed by atoms with E-state index in [4.69, 9.17) is 0 Å². The van der Waals surface area contributed by atoms with Gasteiger partial charge in [0, 0.05) is 12.2 Å². The minimum atomic E-state index is -3.86. The monoisotopic (exact) mass is 276 g/mol. The Morgan fingerprint density at radius 2 is 2.17 bits per heavy atom. The molecule has 0 amide bonds. The number of rotatable bonds is 4. The first-order valence-electron chi connectivity index (χ1n) is 5.63. The third-order valence-electron chi connectivity index (χ3n) is 2.76. The van der Waals surface area contributed by atoms with Gasteiger partial charge in [-0.3, -0.25) is 0 Å². The summed E-state index contributed by atoms with van der Waals surface area (Å²) in [5, 5.41) is 3.10. The second-order valence-corrected chi connectivity index (χ2v) is 5.86. The Balaban J connectivity index is 2.22. The zero-order chi connectivity index (χ0) is 13.2. The van der Waals surface area contributed by atoms with Gasteiger partial charge in [0.05, 0.1) is 11.4 Å². The van der Waals surface area contributed by atoms with Crippen LogP contribution in [0.25, 0.3) is 0 Å². The molecule has 1 aromatic rings. The number of alkyl halides is 2. The van der Waals surface area contributed by atoms with Crippen LogP contribution < -0.4 is 10.0 Å². The Bertz CT molecular complexity index is 532. The van der Waals surface area contributed by atoms with Gasteiger partial charge in [0.15, 0.2) is 0 Å². The van der Waals surface area contributed by atoms with Crippen LogP contribution in [0.15, 0.2) is 23.1 Å². The molecule has 100 valence electrons. The van der Waals surface area contributed by atoms with E-state index in [1.165, 1.54) is 12.1 Å². The second-order valence-electron chi connectivity index (χ2n) is 4.09. The summed E-state index contributed by atoms with van der Waals surface area (Å²) in [6, 6.07) is 4.65. The molecule has 7 heteroatoms. The summed E-state index contributed by atoms with van der Waals surface area (Å²) < 4.78 is 49.4. The fourth-order valence-electron chi connectivity index (χ4n) is 1.86. The summed E-state index contributed by atoms with van der Waals surface area (Å²) in [7, 11) is -3.86. The normalized spacial score (nSPS) is 15.3. The lowest BCUT2D eigenvalue weighted by Gasteiger charge is -2.18. The van der Waals surface area contributed by atoms with Gasteiger partial charge in [0.1, 0.15) is 0 Å². The van der Waals surface area contributed by atoms with Crippen LogP contribution in [0.3, 0.4) is 0 Å². The number of nitrogens with one attached hydrogen (secondary N) is 2. The van der Waals surface area contributed by atoms with E-state index in [1.807, 2.05) is 4.72 Å². The number of aryl methyl sites for hydroxylation is 1. The summed E-state index contributed by atoms with van der Waals surface area (Å²) in [5.41, 5.74) is 1.82. The summed E-state index contributed by atoms with van der Waals surface area (Å²) in [4.78, 5) is 0.0105. The van der Waals surface area contributed by atoms with Crippen LogP contribution >= 0.6 is 0 Å². The first-order chi connectivity index (χ1) is 8.49. The van der Waals surface area contributed by atoms with E-state index in [9.17, 15) is 17.2 Å². The van der Waals surface area contributed by atoms with E-state index in [0.29, 0.717) is 0 Å². The number of benzene rings is 1. The molecule has 2 N–H and O–H groups in total. The highest BCUT2D eigenvalue weighted by molar-refractivity contribution is 7.89. The number of anilines is 1. The van der Waals surface area contributed by atoms with Gasteiger partial charge >= 0.3 is 0 Å². The van der Waals surface area contributed by atoms with Crippen molar-refractivity contribution in [1.82, 2.24) is 4.72 Å². The largest absolute Gasteiger partial charge is 0.385 e. The van der Waals surface area contributed by atoms with Crippen LogP contribution in [0.4, 0.5) is 14.5 Å². The Labute approximate surface area is 104 Å². The van der Waals surface area contributed by atoms with Crippen molar-refractivity contribution < 1.29 is 17.2 Å². The van der Waals surface area contributed by atoms with Crippen LogP contribution in [0.5, 0.6) is 0 Å². The van der Waals surface area contributed by atoms with Crippen molar-refractivity contribution in [3.05, 3.63) is 23.8 Å². The summed E-state index contributed by atoms with van der Waals surface area (Å²) >= 11 is 0. The molecule has 4 nitrogen and oxygen atoms in total. The molecule has 0 radical (unpaired) electrons. The zero-order valence-electron chi connectivity index (χ0n) is 9.62. The molecule has 1 aliphatic rings. The van der Waals surface area contributed by atoms with Crippen molar-refractivity contribution in [3.8, 4) is 0 Å². The summed E-state index contributed by atoms with van der Waals surface area (Å²) in [6.07, 6.45) is -0.800. The van der Waals surface area contributed by atoms with Crippen molar-refractivity contribution in [2.75, 3.05) is 18.4 Å². The molecule has 0 spiro atoms. The van der Waals surface area contributed by atoms with Crippen molar-refractivity contribution in [2.45, 2.75) is 24.2 Å². The molecule has 0 atom stereocenters. The predicted octanol–water partition coefficient (Wildman–Crippen LogP) is 1.59. The molecule has 0 fully saturated rings. The van der Waals surface area contributed by atoms with Gasteiger partial charge in [-0.15, -0.1) is 0 Å². The van der Waals surface area contributed by atoms with Gasteiger partial charge in [0.25, 0.3) is 6.43 Å². The van der Waals surface area contributed by atoms with Gasteiger partial charge < -0.3 is 5.32 Å². The van der Waals surface area contributed by atoms with E-state index >= 15 is 0 Å². The highest BCUT2D eigenvalue weighted by Crippen LogP contribution is 2.25. The molecule has 0 unspecified atom stereocenters. The molecule has 0 saturated heterocycles. The summed E-state index contributed by atoms with van der Waals surface area (Å²) in [5.74, 6) is 0. The van der Waals surface area contributed by atoms with Gasteiger partial charge in [-0.05, 0) is 30.5 Å². The molecule has 0 saturated carbocycles. The molecule has 0 aromatic heterocycles. The number of hydrogen-bond donors (Lipinski definition) is 2. The third-order valence-corrected chi connectivity index (χ3v) is 4.18. The average molecular weight is 276 g/mol. The fourth-order valence-corrected chi connectivity index (χ4v) is 2.90. The lowest BCUT2D eigenvalue weighted by Crippen LogP contribution is -2.28. The van der Waals surface area contributed by atoms with Crippen LogP contribution in [0.1, 0.15) is 12.0 Å². The topological polar surface area (TPSA) is 58.2 Å². The Hall–Kier alpha value is -1.21. The first kappa shape index (κ1) is 13.2. The van der Waals surface area contributed by atoms with E-state index in [2.05, 4.69) is 5.32 Å². The lowest BCUT2D eigenvalue weighted by atomic mass is 10.0.